The second-order valence-corrected chi connectivity index (χ2v) is 6.75. The molecule has 1 aliphatic rings. The fourth-order valence-corrected chi connectivity index (χ4v) is 3.49. The average molecular weight is 404 g/mol. The van der Waals surface area contributed by atoms with E-state index in [2.05, 4.69) is 11.1 Å². The van der Waals surface area contributed by atoms with Gasteiger partial charge in [-0.25, -0.2) is 4.79 Å². The first-order valence-corrected chi connectivity index (χ1v) is 9.26. The molecule has 0 saturated carbocycles. The number of allylic oxidation sites excluding steroid dienone is 1. The molecule has 152 valence electrons. The molecule has 3 rings (SSSR count). The maximum absolute atomic E-state index is 12.7. The number of hydrogen-bond acceptors (Lipinski definition) is 7. The third kappa shape index (κ3) is 3.63. The summed E-state index contributed by atoms with van der Waals surface area (Å²) in [6.07, 6.45) is 1.81. The Morgan fingerprint density at radius 3 is 2.73 bits per heavy atom. The monoisotopic (exact) mass is 404 g/mol. The highest BCUT2D eigenvalue weighted by Gasteiger charge is 2.32. The van der Waals surface area contributed by atoms with Crippen molar-refractivity contribution >= 4 is 17.3 Å². The number of aryl methyl sites for hydroxylation is 1. The SMILES string of the molecule is COc1cc(C#N)ccc1N1C(C)=C(C(=O)OCCC#N)Cc2c1c(C)c[nH]c2=O. The lowest BCUT2D eigenvalue weighted by Gasteiger charge is -2.35. The van der Waals surface area contributed by atoms with Gasteiger partial charge in [0.2, 0.25) is 0 Å². The summed E-state index contributed by atoms with van der Waals surface area (Å²) in [7, 11) is 1.49. The number of aromatic amines is 1. The van der Waals surface area contributed by atoms with E-state index in [0.29, 0.717) is 39.5 Å². The molecule has 8 nitrogen and oxygen atoms in total. The number of hydrogen-bond donors (Lipinski definition) is 1. The van der Waals surface area contributed by atoms with Gasteiger partial charge in [-0.15, -0.1) is 0 Å². The number of aromatic nitrogens is 1. The summed E-state index contributed by atoms with van der Waals surface area (Å²) in [6, 6.07) is 8.97. The summed E-state index contributed by atoms with van der Waals surface area (Å²) in [5.74, 6) is -0.148. The summed E-state index contributed by atoms with van der Waals surface area (Å²) in [5.41, 5.74) is 3.52. The van der Waals surface area contributed by atoms with Crippen LogP contribution < -0.4 is 15.2 Å². The molecule has 30 heavy (non-hydrogen) atoms. The van der Waals surface area contributed by atoms with E-state index in [0.717, 1.165) is 5.56 Å². The van der Waals surface area contributed by atoms with Crippen LogP contribution in [0.1, 0.15) is 30.0 Å². The Hall–Kier alpha value is -4.04. The summed E-state index contributed by atoms with van der Waals surface area (Å²) >= 11 is 0. The Balaban J connectivity index is 2.23. The number of nitrogens with one attached hydrogen (secondary N) is 1. The molecule has 0 fully saturated rings. The topological polar surface area (TPSA) is 119 Å². The summed E-state index contributed by atoms with van der Waals surface area (Å²) in [4.78, 5) is 29.8. The van der Waals surface area contributed by atoms with Gasteiger partial charge in [-0.3, -0.25) is 4.79 Å². The number of nitrogens with zero attached hydrogens (tertiary/aromatic N) is 3. The van der Waals surface area contributed by atoms with Gasteiger partial charge in [0.05, 0.1) is 48.2 Å². The van der Waals surface area contributed by atoms with E-state index in [9.17, 15) is 14.9 Å². The standard InChI is InChI=1S/C22H20N4O4/c1-13-12-25-21(27)17-10-16(22(28)30-8-4-7-23)14(2)26(20(13)17)18-6-5-15(11-24)9-19(18)29-3/h5-6,9,12H,4,8,10H2,1-3H3,(H,25,27). The van der Waals surface area contributed by atoms with Gasteiger partial charge in [-0.05, 0) is 31.5 Å². The van der Waals surface area contributed by atoms with Gasteiger partial charge < -0.3 is 19.4 Å². The molecule has 0 bridgehead atoms. The molecule has 1 N–H and O–H groups in total. The minimum Gasteiger partial charge on any atom is -0.495 e. The fraction of sp³-hybridized carbons (Fsp3) is 0.273. The van der Waals surface area contributed by atoms with Gasteiger partial charge >= 0.3 is 5.97 Å². The van der Waals surface area contributed by atoms with E-state index in [1.165, 1.54) is 7.11 Å². The predicted octanol–water partition coefficient (Wildman–Crippen LogP) is 2.99. The van der Waals surface area contributed by atoms with Crippen molar-refractivity contribution in [2.45, 2.75) is 26.7 Å². The maximum Gasteiger partial charge on any atom is 0.336 e. The largest absolute Gasteiger partial charge is 0.495 e. The molecule has 1 aromatic carbocycles. The second-order valence-electron chi connectivity index (χ2n) is 6.75. The number of H-pyrrole nitrogens is 1. The van der Waals surface area contributed by atoms with Crippen LogP contribution in [0.15, 0.2) is 40.5 Å². The average Bonchev–Trinajstić information content (AvgIpc) is 2.75. The fourth-order valence-electron chi connectivity index (χ4n) is 3.49. The number of esters is 1. The Labute approximate surface area is 173 Å². The lowest BCUT2D eigenvalue weighted by atomic mass is 9.94. The molecule has 0 amide bonds. The molecular weight excluding hydrogens is 384 g/mol. The first-order valence-electron chi connectivity index (χ1n) is 9.26. The normalized spacial score (nSPS) is 12.6. The van der Waals surface area contributed by atoms with Crippen LogP contribution in [-0.2, 0) is 16.0 Å². The van der Waals surface area contributed by atoms with Crippen LogP contribution in [-0.4, -0.2) is 24.7 Å². The highest BCUT2D eigenvalue weighted by Crippen LogP contribution is 2.43. The quantitative estimate of drug-likeness (QED) is 0.601. The van der Waals surface area contributed by atoms with Crippen LogP contribution >= 0.6 is 0 Å². The van der Waals surface area contributed by atoms with Gasteiger partial charge in [-0.2, -0.15) is 10.5 Å². The zero-order chi connectivity index (χ0) is 21.8. The first-order chi connectivity index (χ1) is 14.4. The summed E-state index contributed by atoms with van der Waals surface area (Å²) in [5, 5.41) is 17.9. The summed E-state index contributed by atoms with van der Waals surface area (Å²) < 4.78 is 10.7. The van der Waals surface area contributed by atoms with Gasteiger partial charge in [-0.1, -0.05) is 0 Å². The van der Waals surface area contributed by atoms with Crippen molar-refractivity contribution in [3.8, 4) is 17.9 Å². The number of methoxy groups -OCH3 is 1. The van der Waals surface area contributed by atoms with Gasteiger partial charge in [0.15, 0.2) is 0 Å². The number of anilines is 2. The maximum atomic E-state index is 12.7. The van der Waals surface area contributed by atoms with Crippen LogP contribution in [0.4, 0.5) is 11.4 Å². The van der Waals surface area contributed by atoms with Gasteiger partial charge in [0.1, 0.15) is 12.4 Å². The third-order valence-electron chi connectivity index (χ3n) is 4.95. The molecule has 0 aliphatic carbocycles. The molecular formula is C22H20N4O4. The molecule has 2 aromatic rings. The van der Waals surface area contributed by atoms with Crippen LogP contribution in [0.25, 0.3) is 0 Å². The molecule has 1 aliphatic heterocycles. The molecule has 0 radical (unpaired) electrons. The van der Waals surface area contributed by atoms with Crippen LogP contribution in [0.3, 0.4) is 0 Å². The Kier molecular flexibility index (Phi) is 5.89. The Morgan fingerprint density at radius 1 is 1.30 bits per heavy atom. The number of ether oxygens (including phenoxy) is 2. The van der Waals surface area contributed by atoms with Crippen molar-refractivity contribution in [1.29, 1.82) is 10.5 Å². The van der Waals surface area contributed by atoms with E-state index in [1.54, 1.807) is 36.2 Å². The van der Waals surface area contributed by atoms with Crippen molar-refractivity contribution in [3.63, 3.8) is 0 Å². The lowest BCUT2D eigenvalue weighted by molar-refractivity contribution is -0.139. The van der Waals surface area contributed by atoms with E-state index in [1.807, 2.05) is 13.0 Å². The van der Waals surface area contributed by atoms with Gasteiger partial charge in [0.25, 0.3) is 5.56 Å². The lowest BCUT2D eigenvalue weighted by Crippen LogP contribution is -2.32. The number of rotatable bonds is 5. The predicted molar refractivity (Wildman–Crippen MR) is 109 cm³/mol. The minimum atomic E-state index is -0.577. The molecule has 0 atom stereocenters. The number of fused-ring (bicyclic) bond motifs is 1. The smallest absolute Gasteiger partial charge is 0.336 e. The number of pyridine rings is 1. The minimum absolute atomic E-state index is 0.0245. The molecule has 0 unspecified atom stereocenters. The van der Waals surface area contributed by atoms with Crippen molar-refractivity contribution in [1.82, 2.24) is 4.98 Å². The second kappa shape index (κ2) is 8.54. The summed E-state index contributed by atoms with van der Waals surface area (Å²) in [6.45, 7) is 3.60. The van der Waals surface area contributed by atoms with Crippen molar-refractivity contribution in [3.05, 3.63) is 62.7 Å². The van der Waals surface area contributed by atoms with Crippen molar-refractivity contribution < 1.29 is 14.3 Å². The molecule has 0 saturated heterocycles. The van der Waals surface area contributed by atoms with Crippen LogP contribution in [0.2, 0.25) is 0 Å². The van der Waals surface area contributed by atoms with Crippen molar-refractivity contribution in [2.24, 2.45) is 0 Å². The molecule has 2 heterocycles. The molecule has 8 heteroatoms. The highest BCUT2D eigenvalue weighted by molar-refractivity contribution is 5.94. The number of carbonyl (C=O) groups is 1. The molecule has 0 spiro atoms. The van der Waals surface area contributed by atoms with E-state index in [4.69, 9.17) is 14.7 Å². The Bertz CT molecular complexity index is 1180. The third-order valence-corrected chi connectivity index (χ3v) is 4.95. The highest BCUT2D eigenvalue weighted by atomic mass is 16.5. The van der Waals surface area contributed by atoms with E-state index >= 15 is 0 Å². The van der Waals surface area contributed by atoms with Crippen molar-refractivity contribution in [2.75, 3.05) is 18.6 Å². The van der Waals surface area contributed by atoms with Gasteiger partial charge in [0, 0.05) is 29.9 Å². The van der Waals surface area contributed by atoms with E-state index in [-0.39, 0.29) is 25.0 Å². The zero-order valence-corrected chi connectivity index (χ0v) is 16.9. The molecule has 1 aromatic heterocycles. The zero-order valence-electron chi connectivity index (χ0n) is 16.9. The number of benzene rings is 1. The van der Waals surface area contributed by atoms with E-state index < -0.39 is 5.97 Å². The van der Waals surface area contributed by atoms with Crippen LogP contribution in [0.5, 0.6) is 5.75 Å². The Morgan fingerprint density at radius 2 is 2.07 bits per heavy atom. The number of carbonyl (C=O) groups excluding carboxylic acids is 1. The first kappa shape index (κ1) is 20.7. The number of nitriles is 2. The van der Waals surface area contributed by atoms with Crippen LogP contribution in [0, 0.1) is 29.6 Å².